The van der Waals surface area contributed by atoms with Crippen molar-refractivity contribution in [3.05, 3.63) is 88.9 Å². The summed E-state index contributed by atoms with van der Waals surface area (Å²) in [7, 11) is 0. The van der Waals surface area contributed by atoms with Crippen molar-refractivity contribution in [2.45, 2.75) is 18.3 Å². The molecule has 1 spiro atoms. The molecule has 7 nitrogen and oxygen atoms in total. The third-order valence-electron chi connectivity index (χ3n) is 6.45. The second-order valence-corrected chi connectivity index (χ2v) is 8.41. The van der Waals surface area contributed by atoms with Gasteiger partial charge in [-0.15, -0.1) is 0 Å². The number of piperidine rings is 1. The van der Waals surface area contributed by atoms with Crippen LogP contribution in [0.15, 0.2) is 65.1 Å². The van der Waals surface area contributed by atoms with E-state index in [2.05, 4.69) is 16.9 Å². The monoisotopic (exact) mass is 441 g/mol. The number of hydrazone groups is 1. The van der Waals surface area contributed by atoms with Gasteiger partial charge in [0.15, 0.2) is 11.5 Å². The van der Waals surface area contributed by atoms with E-state index in [0.29, 0.717) is 37.1 Å². The van der Waals surface area contributed by atoms with Gasteiger partial charge in [-0.05, 0) is 61.2 Å². The molecule has 1 amide bonds. The number of rotatable bonds is 2. The molecule has 3 heterocycles. The number of benzene rings is 2. The molecule has 166 valence electrons. The zero-order valence-electron chi connectivity index (χ0n) is 18.1. The summed E-state index contributed by atoms with van der Waals surface area (Å²) < 4.78 is 11.7. The number of hydrazine groups is 1. The van der Waals surface area contributed by atoms with Gasteiger partial charge in [0.25, 0.3) is 11.7 Å². The van der Waals surface area contributed by atoms with Crippen LogP contribution in [0.25, 0.3) is 0 Å². The van der Waals surface area contributed by atoms with Crippen molar-refractivity contribution < 1.29 is 19.0 Å². The van der Waals surface area contributed by atoms with E-state index in [-0.39, 0.29) is 11.3 Å². The Morgan fingerprint density at radius 2 is 1.82 bits per heavy atom. The number of carbonyl (C=O) groups excluding carboxylic acids is 1. The van der Waals surface area contributed by atoms with Gasteiger partial charge in [0.05, 0.1) is 12.2 Å². The number of carbonyl (C=O) groups is 1. The fourth-order valence-corrected chi connectivity index (χ4v) is 4.50. The molecule has 2 aromatic carbocycles. The molecular formula is C26H25N4O3+. The van der Waals surface area contributed by atoms with E-state index in [1.165, 1.54) is 0 Å². The summed E-state index contributed by atoms with van der Waals surface area (Å²) in [6, 6.07) is 19.0. The second-order valence-electron chi connectivity index (χ2n) is 8.41. The van der Waals surface area contributed by atoms with E-state index >= 15 is 0 Å². The molecule has 3 aromatic rings. The number of ether oxygens (including phenoxy) is 1. The molecule has 0 atom stereocenters. The smallest absolute Gasteiger partial charge is 0.295 e. The van der Waals surface area contributed by atoms with Crippen LogP contribution in [0.2, 0.25) is 0 Å². The minimum atomic E-state index is -0.132. The lowest BCUT2D eigenvalue weighted by atomic mass is 9.74. The number of amides is 1. The van der Waals surface area contributed by atoms with Crippen LogP contribution in [-0.2, 0) is 5.41 Å². The van der Waals surface area contributed by atoms with Crippen LogP contribution in [-0.4, -0.2) is 36.3 Å². The highest BCUT2D eigenvalue weighted by molar-refractivity contribution is 5.93. The minimum absolute atomic E-state index is 0.115. The van der Waals surface area contributed by atoms with E-state index in [9.17, 15) is 4.79 Å². The lowest BCUT2D eigenvalue weighted by molar-refractivity contribution is -0.469. The Kier molecular flexibility index (Phi) is 5.27. The molecule has 1 saturated heterocycles. The van der Waals surface area contributed by atoms with Crippen molar-refractivity contribution in [2.75, 3.05) is 19.7 Å². The number of fused-ring (bicyclic) bond motifs is 2. The molecule has 2 aliphatic rings. The summed E-state index contributed by atoms with van der Waals surface area (Å²) in [6.45, 7) is 1.83. The Balaban J connectivity index is 1.28. The standard InChI is InChI=1S/C26H24N4O3/c27-24(29-28)19-7-10-22-21(16-19)26(17-32-22)12-14-30(15-13-26)25(31)23-11-9-20(33-23)8-6-18-4-2-1-3-5-18/h1-5,7,9-11,16H,12-15,17,28H2,(H2,27,29)/p+1. The van der Waals surface area contributed by atoms with E-state index < -0.39 is 0 Å². The Labute approximate surface area is 192 Å². The fourth-order valence-electron chi connectivity index (χ4n) is 4.50. The maximum absolute atomic E-state index is 13.0. The van der Waals surface area contributed by atoms with Gasteiger partial charge in [0, 0.05) is 29.6 Å². The Hall–Kier alpha value is -4.18. The van der Waals surface area contributed by atoms with Crippen LogP contribution in [0.4, 0.5) is 0 Å². The summed E-state index contributed by atoms with van der Waals surface area (Å²) >= 11 is 0. The van der Waals surface area contributed by atoms with E-state index in [4.69, 9.17) is 20.7 Å². The van der Waals surface area contributed by atoms with Gasteiger partial charge >= 0.3 is 0 Å². The number of likely N-dealkylation sites (tertiary alicyclic amines) is 1. The first-order valence-electron chi connectivity index (χ1n) is 10.9. The van der Waals surface area contributed by atoms with Crippen molar-refractivity contribution in [2.24, 2.45) is 11.6 Å². The van der Waals surface area contributed by atoms with Gasteiger partial charge < -0.3 is 14.1 Å². The Bertz CT molecular complexity index is 1280. The van der Waals surface area contributed by atoms with Crippen LogP contribution in [0.5, 0.6) is 5.75 Å². The topological polar surface area (TPSA) is 109 Å². The van der Waals surface area contributed by atoms with Gasteiger partial charge in [0.1, 0.15) is 5.75 Å². The number of furan rings is 1. The second kappa shape index (κ2) is 8.40. The summed E-state index contributed by atoms with van der Waals surface area (Å²) in [6.07, 6.45) is 1.60. The number of amidine groups is 1. The summed E-state index contributed by atoms with van der Waals surface area (Å²) in [5, 5.41) is 2.50. The van der Waals surface area contributed by atoms with Crippen LogP contribution in [0.1, 0.15) is 45.8 Å². The normalized spacial score (nSPS) is 16.6. The van der Waals surface area contributed by atoms with Gasteiger partial charge in [-0.2, -0.15) is 5.10 Å². The van der Waals surface area contributed by atoms with Crippen molar-refractivity contribution in [1.82, 2.24) is 4.90 Å². The third-order valence-corrected chi connectivity index (χ3v) is 6.45. The fraction of sp³-hybridized carbons (Fsp3) is 0.231. The van der Waals surface area contributed by atoms with Crippen LogP contribution < -0.4 is 21.4 Å². The lowest BCUT2D eigenvalue weighted by Gasteiger charge is -2.38. The van der Waals surface area contributed by atoms with Crippen molar-refractivity contribution in [1.29, 1.82) is 0 Å². The third kappa shape index (κ3) is 3.92. The Morgan fingerprint density at radius 1 is 1.03 bits per heavy atom. The number of nitrogen functional groups attached to an aromatic ring is 1. The average Bonchev–Trinajstić information content (AvgIpc) is 3.48. The van der Waals surface area contributed by atoms with E-state index in [1.807, 2.05) is 53.4 Å². The molecule has 0 radical (unpaired) electrons. The SMILES string of the molecule is N[NH+]=C(N)c1ccc2c(c1)C1(CCN(C(=O)c3ccc(C#Cc4ccccc4)o3)CC1)CO2. The molecule has 0 unspecified atom stereocenters. The summed E-state index contributed by atoms with van der Waals surface area (Å²) in [4.78, 5) is 14.9. The predicted molar refractivity (Wildman–Crippen MR) is 123 cm³/mol. The first kappa shape index (κ1) is 20.7. The van der Waals surface area contributed by atoms with Gasteiger partial charge in [-0.1, -0.05) is 24.1 Å². The van der Waals surface area contributed by atoms with E-state index in [0.717, 1.165) is 35.3 Å². The number of nitrogens with two attached hydrogens (primary N) is 2. The highest BCUT2D eigenvalue weighted by Gasteiger charge is 2.44. The van der Waals surface area contributed by atoms with Gasteiger partial charge in [-0.3, -0.25) is 16.4 Å². The Morgan fingerprint density at radius 3 is 2.58 bits per heavy atom. The highest BCUT2D eigenvalue weighted by Crippen LogP contribution is 2.45. The highest BCUT2D eigenvalue weighted by atomic mass is 16.5. The molecule has 5 N–H and O–H groups in total. The molecule has 1 aromatic heterocycles. The molecule has 0 saturated carbocycles. The summed E-state index contributed by atoms with van der Waals surface area (Å²) in [5.74, 6) is 13.5. The maximum atomic E-state index is 13.0. The molecule has 0 aliphatic carbocycles. The first-order valence-corrected chi connectivity index (χ1v) is 10.9. The molecule has 0 bridgehead atoms. The number of hydrogen-bond donors (Lipinski definition) is 3. The minimum Gasteiger partial charge on any atom is -0.492 e. The number of nitrogens with one attached hydrogen (secondary N) is 1. The van der Waals surface area contributed by atoms with Crippen molar-refractivity contribution in [3.63, 3.8) is 0 Å². The van der Waals surface area contributed by atoms with Crippen molar-refractivity contribution >= 4 is 11.7 Å². The quantitative estimate of drug-likeness (QED) is 0.180. The van der Waals surface area contributed by atoms with Crippen LogP contribution in [0.3, 0.4) is 0 Å². The maximum Gasteiger partial charge on any atom is 0.295 e. The van der Waals surface area contributed by atoms with Gasteiger partial charge in [-0.25, -0.2) is 0 Å². The zero-order valence-corrected chi connectivity index (χ0v) is 18.1. The van der Waals surface area contributed by atoms with E-state index in [1.54, 1.807) is 12.1 Å². The molecule has 2 aliphatic heterocycles. The van der Waals surface area contributed by atoms with Crippen LogP contribution in [0, 0.1) is 11.8 Å². The number of nitrogens with zero attached hydrogens (tertiary/aromatic N) is 1. The molecular weight excluding hydrogens is 416 g/mol. The molecule has 5 rings (SSSR count). The largest absolute Gasteiger partial charge is 0.492 e. The first-order chi connectivity index (χ1) is 16.1. The lowest BCUT2D eigenvalue weighted by Crippen LogP contribution is -2.82. The van der Waals surface area contributed by atoms with Gasteiger partial charge in [0.2, 0.25) is 0 Å². The molecule has 7 heteroatoms. The summed E-state index contributed by atoms with van der Waals surface area (Å²) in [5.41, 5.74) is 8.68. The average molecular weight is 442 g/mol. The molecule has 1 fully saturated rings. The predicted octanol–water partition coefficient (Wildman–Crippen LogP) is 0.905. The zero-order chi connectivity index (χ0) is 22.8. The van der Waals surface area contributed by atoms with Crippen molar-refractivity contribution in [3.8, 4) is 17.6 Å². The van der Waals surface area contributed by atoms with Crippen LogP contribution >= 0.6 is 0 Å². The molecule has 33 heavy (non-hydrogen) atoms. The number of hydrogen-bond acceptors (Lipinski definition) is 4.